The Balaban J connectivity index is 1.97. The maximum absolute atomic E-state index is 4.32. The number of benzene rings is 1. The summed E-state index contributed by atoms with van der Waals surface area (Å²) in [4.78, 5) is 4.32. The fourth-order valence-electron chi connectivity index (χ4n) is 2.24. The van der Waals surface area contributed by atoms with E-state index in [4.69, 9.17) is 0 Å². The van der Waals surface area contributed by atoms with E-state index in [0.29, 0.717) is 12.1 Å². The second kappa shape index (κ2) is 6.66. The quantitative estimate of drug-likeness (QED) is 0.877. The SMILES string of the molecule is CCc1ccc(C(C)NCc2ncnn2C(C)C)cc1. The Bertz CT molecular complexity index is 528. The van der Waals surface area contributed by atoms with Crippen LogP contribution in [-0.2, 0) is 13.0 Å². The van der Waals surface area contributed by atoms with Crippen LogP contribution in [0.4, 0.5) is 0 Å². The monoisotopic (exact) mass is 272 g/mol. The van der Waals surface area contributed by atoms with E-state index in [0.717, 1.165) is 18.8 Å². The molecule has 0 bridgehead atoms. The summed E-state index contributed by atoms with van der Waals surface area (Å²) >= 11 is 0. The third-order valence-electron chi connectivity index (χ3n) is 3.59. The van der Waals surface area contributed by atoms with Gasteiger partial charge in [0, 0.05) is 12.1 Å². The molecule has 0 fully saturated rings. The van der Waals surface area contributed by atoms with Crippen LogP contribution in [0.1, 0.15) is 56.7 Å². The van der Waals surface area contributed by atoms with Gasteiger partial charge in [0.25, 0.3) is 0 Å². The van der Waals surface area contributed by atoms with Crippen LogP contribution in [0, 0.1) is 0 Å². The van der Waals surface area contributed by atoms with E-state index in [1.54, 1.807) is 6.33 Å². The molecule has 0 aliphatic carbocycles. The van der Waals surface area contributed by atoms with Crippen LogP contribution in [-0.4, -0.2) is 14.8 Å². The summed E-state index contributed by atoms with van der Waals surface area (Å²) < 4.78 is 1.96. The molecular formula is C16H24N4. The van der Waals surface area contributed by atoms with E-state index in [9.17, 15) is 0 Å². The van der Waals surface area contributed by atoms with Crippen molar-refractivity contribution in [3.8, 4) is 0 Å². The number of rotatable bonds is 6. The second-order valence-corrected chi connectivity index (χ2v) is 5.41. The molecule has 2 aromatic rings. The highest BCUT2D eigenvalue weighted by Crippen LogP contribution is 2.14. The third kappa shape index (κ3) is 3.45. The minimum Gasteiger partial charge on any atom is -0.303 e. The van der Waals surface area contributed by atoms with Gasteiger partial charge in [0.05, 0.1) is 6.54 Å². The fraction of sp³-hybridized carbons (Fsp3) is 0.500. The molecule has 0 amide bonds. The molecule has 4 heteroatoms. The molecule has 4 nitrogen and oxygen atoms in total. The number of hydrogen-bond acceptors (Lipinski definition) is 3. The lowest BCUT2D eigenvalue weighted by molar-refractivity contribution is 0.473. The van der Waals surface area contributed by atoms with Gasteiger partial charge in [0.2, 0.25) is 0 Å². The molecule has 1 heterocycles. The number of nitrogens with one attached hydrogen (secondary N) is 1. The van der Waals surface area contributed by atoms with Gasteiger partial charge in [-0.2, -0.15) is 5.10 Å². The molecule has 20 heavy (non-hydrogen) atoms. The molecule has 1 N–H and O–H groups in total. The van der Waals surface area contributed by atoms with E-state index in [1.807, 2.05) is 4.68 Å². The van der Waals surface area contributed by atoms with E-state index in [2.05, 4.69) is 67.4 Å². The Morgan fingerprint density at radius 3 is 2.45 bits per heavy atom. The van der Waals surface area contributed by atoms with Crippen molar-refractivity contribution in [2.45, 2.75) is 52.7 Å². The number of nitrogens with zero attached hydrogens (tertiary/aromatic N) is 3. The molecule has 108 valence electrons. The largest absolute Gasteiger partial charge is 0.303 e. The first-order valence-electron chi connectivity index (χ1n) is 7.32. The zero-order valence-corrected chi connectivity index (χ0v) is 12.8. The van der Waals surface area contributed by atoms with Gasteiger partial charge in [-0.15, -0.1) is 0 Å². The predicted molar refractivity (Wildman–Crippen MR) is 81.5 cm³/mol. The highest BCUT2D eigenvalue weighted by Gasteiger charge is 2.10. The maximum Gasteiger partial charge on any atom is 0.141 e. The van der Waals surface area contributed by atoms with Crippen LogP contribution in [0.25, 0.3) is 0 Å². The van der Waals surface area contributed by atoms with Gasteiger partial charge in [-0.1, -0.05) is 31.2 Å². The minimum absolute atomic E-state index is 0.304. The molecule has 1 aromatic carbocycles. The first-order chi connectivity index (χ1) is 9.61. The van der Waals surface area contributed by atoms with E-state index < -0.39 is 0 Å². The molecule has 1 unspecified atom stereocenters. The minimum atomic E-state index is 0.304. The lowest BCUT2D eigenvalue weighted by Gasteiger charge is -2.16. The van der Waals surface area contributed by atoms with Crippen molar-refractivity contribution in [2.75, 3.05) is 0 Å². The van der Waals surface area contributed by atoms with Crippen LogP contribution < -0.4 is 5.32 Å². The van der Waals surface area contributed by atoms with Gasteiger partial charge in [-0.05, 0) is 38.3 Å². The Labute approximate surface area is 121 Å². The van der Waals surface area contributed by atoms with E-state index in [-0.39, 0.29) is 0 Å². The van der Waals surface area contributed by atoms with Crippen LogP contribution in [0.2, 0.25) is 0 Å². The summed E-state index contributed by atoms with van der Waals surface area (Å²) in [6.45, 7) is 9.32. The molecular weight excluding hydrogens is 248 g/mol. The van der Waals surface area contributed by atoms with Crippen molar-refractivity contribution in [3.05, 3.63) is 47.5 Å². The normalized spacial score (nSPS) is 12.8. The van der Waals surface area contributed by atoms with Gasteiger partial charge in [0.15, 0.2) is 0 Å². The van der Waals surface area contributed by atoms with Crippen molar-refractivity contribution < 1.29 is 0 Å². The topological polar surface area (TPSA) is 42.7 Å². The lowest BCUT2D eigenvalue weighted by atomic mass is 10.1. The van der Waals surface area contributed by atoms with Gasteiger partial charge < -0.3 is 5.32 Å². The first kappa shape index (κ1) is 14.7. The van der Waals surface area contributed by atoms with Crippen molar-refractivity contribution in [3.63, 3.8) is 0 Å². The number of aromatic nitrogens is 3. The van der Waals surface area contributed by atoms with Crippen LogP contribution in [0.15, 0.2) is 30.6 Å². The number of hydrogen-bond donors (Lipinski definition) is 1. The molecule has 0 spiro atoms. The molecule has 1 atom stereocenters. The van der Waals surface area contributed by atoms with Crippen LogP contribution >= 0.6 is 0 Å². The highest BCUT2D eigenvalue weighted by atomic mass is 15.4. The van der Waals surface area contributed by atoms with Crippen LogP contribution in [0.5, 0.6) is 0 Å². The van der Waals surface area contributed by atoms with Crippen molar-refractivity contribution >= 4 is 0 Å². The van der Waals surface area contributed by atoms with Gasteiger partial charge in [-0.3, -0.25) is 0 Å². The zero-order chi connectivity index (χ0) is 14.5. The Morgan fingerprint density at radius 1 is 1.15 bits per heavy atom. The number of aryl methyl sites for hydroxylation is 1. The molecule has 0 aliphatic rings. The second-order valence-electron chi connectivity index (χ2n) is 5.41. The van der Waals surface area contributed by atoms with E-state index in [1.165, 1.54) is 11.1 Å². The third-order valence-corrected chi connectivity index (χ3v) is 3.59. The Kier molecular flexibility index (Phi) is 4.90. The van der Waals surface area contributed by atoms with Crippen molar-refractivity contribution in [1.29, 1.82) is 0 Å². The van der Waals surface area contributed by atoms with E-state index >= 15 is 0 Å². The molecule has 0 radical (unpaired) electrons. The molecule has 0 saturated heterocycles. The Hall–Kier alpha value is -1.68. The lowest BCUT2D eigenvalue weighted by Crippen LogP contribution is -2.21. The molecule has 0 aliphatic heterocycles. The van der Waals surface area contributed by atoms with Gasteiger partial charge in [-0.25, -0.2) is 9.67 Å². The summed E-state index contributed by atoms with van der Waals surface area (Å²) in [6, 6.07) is 9.44. The predicted octanol–water partition coefficient (Wildman–Crippen LogP) is 3.27. The highest BCUT2D eigenvalue weighted by molar-refractivity contribution is 5.24. The molecule has 0 saturated carbocycles. The van der Waals surface area contributed by atoms with Crippen LogP contribution in [0.3, 0.4) is 0 Å². The smallest absolute Gasteiger partial charge is 0.141 e. The maximum atomic E-state index is 4.32. The fourth-order valence-corrected chi connectivity index (χ4v) is 2.24. The standard InChI is InChI=1S/C16H24N4/c1-5-14-6-8-15(9-7-14)13(4)17-10-16-18-11-19-20(16)12(2)3/h6-9,11-13,17H,5,10H2,1-4H3. The molecule has 1 aromatic heterocycles. The summed E-state index contributed by atoms with van der Waals surface area (Å²) in [6.07, 6.45) is 2.71. The first-order valence-corrected chi connectivity index (χ1v) is 7.32. The van der Waals surface area contributed by atoms with Crippen molar-refractivity contribution in [2.24, 2.45) is 0 Å². The summed E-state index contributed by atoms with van der Waals surface area (Å²) in [5.74, 6) is 0.983. The average molecular weight is 272 g/mol. The van der Waals surface area contributed by atoms with Gasteiger partial charge in [0.1, 0.15) is 12.2 Å². The Morgan fingerprint density at radius 2 is 1.85 bits per heavy atom. The molecule has 2 rings (SSSR count). The average Bonchev–Trinajstić information content (AvgIpc) is 2.93. The summed E-state index contributed by atoms with van der Waals surface area (Å²) in [7, 11) is 0. The summed E-state index contributed by atoms with van der Waals surface area (Å²) in [5.41, 5.74) is 2.68. The zero-order valence-electron chi connectivity index (χ0n) is 12.8. The van der Waals surface area contributed by atoms with Gasteiger partial charge >= 0.3 is 0 Å². The summed E-state index contributed by atoms with van der Waals surface area (Å²) in [5, 5.41) is 7.77. The van der Waals surface area contributed by atoms with Crippen molar-refractivity contribution in [1.82, 2.24) is 20.1 Å².